The van der Waals surface area contributed by atoms with E-state index in [2.05, 4.69) is 24.1 Å². The standard InChI is InChI=1S/C16H22N2O2/c1-11-9-17-10-12(2)18(11)16(19)14-7-8-20-15-6-4-3-5-13(14)15/h3-6,11-12,14,17H,7-10H2,1-2H3. The molecule has 3 rings (SSSR count). The predicted octanol–water partition coefficient (Wildman–Crippen LogP) is 1.76. The highest BCUT2D eigenvalue weighted by Gasteiger charge is 2.36. The summed E-state index contributed by atoms with van der Waals surface area (Å²) >= 11 is 0. The first-order valence-corrected chi connectivity index (χ1v) is 7.43. The van der Waals surface area contributed by atoms with Crippen molar-refractivity contribution in [1.82, 2.24) is 10.2 Å². The van der Waals surface area contributed by atoms with Crippen LogP contribution in [0.4, 0.5) is 0 Å². The highest BCUT2D eigenvalue weighted by atomic mass is 16.5. The molecule has 0 bridgehead atoms. The molecule has 1 aromatic rings. The first-order chi connectivity index (χ1) is 9.68. The summed E-state index contributed by atoms with van der Waals surface area (Å²) < 4.78 is 5.66. The number of rotatable bonds is 1. The van der Waals surface area contributed by atoms with E-state index in [1.54, 1.807) is 0 Å². The molecule has 0 saturated carbocycles. The third-order valence-electron chi connectivity index (χ3n) is 4.34. The lowest BCUT2D eigenvalue weighted by molar-refractivity contribution is -0.139. The minimum absolute atomic E-state index is 0.0528. The van der Waals surface area contributed by atoms with E-state index in [0.717, 1.165) is 30.8 Å². The SMILES string of the molecule is CC1CNCC(C)N1C(=O)C1CCOc2ccccc21. The van der Waals surface area contributed by atoms with E-state index in [4.69, 9.17) is 4.74 Å². The van der Waals surface area contributed by atoms with Gasteiger partial charge in [-0.2, -0.15) is 0 Å². The number of ether oxygens (including phenoxy) is 1. The number of nitrogens with zero attached hydrogens (tertiary/aromatic N) is 1. The van der Waals surface area contributed by atoms with Crippen LogP contribution in [0.2, 0.25) is 0 Å². The summed E-state index contributed by atoms with van der Waals surface area (Å²) in [4.78, 5) is 15.0. The number of para-hydroxylation sites is 1. The van der Waals surface area contributed by atoms with E-state index >= 15 is 0 Å². The van der Waals surface area contributed by atoms with Crippen LogP contribution in [-0.4, -0.2) is 42.6 Å². The van der Waals surface area contributed by atoms with Crippen molar-refractivity contribution >= 4 is 5.91 Å². The highest BCUT2D eigenvalue weighted by molar-refractivity contribution is 5.85. The number of hydrogen-bond acceptors (Lipinski definition) is 3. The van der Waals surface area contributed by atoms with Crippen LogP contribution in [0.25, 0.3) is 0 Å². The topological polar surface area (TPSA) is 41.6 Å². The molecular weight excluding hydrogens is 252 g/mol. The van der Waals surface area contributed by atoms with Crippen LogP contribution < -0.4 is 10.1 Å². The number of nitrogens with one attached hydrogen (secondary N) is 1. The number of amides is 1. The monoisotopic (exact) mass is 274 g/mol. The lowest BCUT2D eigenvalue weighted by Crippen LogP contribution is -2.58. The van der Waals surface area contributed by atoms with Gasteiger partial charge in [-0.05, 0) is 26.3 Å². The molecule has 1 fully saturated rings. The van der Waals surface area contributed by atoms with Gasteiger partial charge in [0.05, 0.1) is 12.5 Å². The second-order valence-corrected chi connectivity index (χ2v) is 5.83. The maximum Gasteiger partial charge on any atom is 0.230 e. The molecule has 0 aliphatic carbocycles. The predicted molar refractivity (Wildman–Crippen MR) is 77.9 cm³/mol. The van der Waals surface area contributed by atoms with Gasteiger partial charge < -0.3 is 15.0 Å². The fourth-order valence-electron chi connectivity index (χ4n) is 3.35. The van der Waals surface area contributed by atoms with Crippen molar-refractivity contribution in [3.63, 3.8) is 0 Å². The normalized spacial score (nSPS) is 29.5. The van der Waals surface area contributed by atoms with Gasteiger partial charge in [0.2, 0.25) is 5.91 Å². The summed E-state index contributed by atoms with van der Waals surface area (Å²) in [6.45, 7) is 6.61. The van der Waals surface area contributed by atoms with Crippen LogP contribution in [0.15, 0.2) is 24.3 Å². The minimum atomic E-state index is -0.0528. The quantitative estimate of drug-likeness (QED) is 0.848. The maximum atomic E-state index is 13.0. The number of benzene rings is 1. The van der Waals surface area contributed by atoms with Crippen molar-refractivity contribution in [1.29, 1.82) is 0 Å². The molecule has 4 nitrogen and oxygen atoms in total. The van der Waals surface area contributed by atoms with Gasteiger partial charge >= 0.3 is 0 Å². The second kappa shape index (κ2) is 5.44. The van der Waals surface area contributed by atoms with Gasteiger partial charge in [0.25, 0.3) is 0 Å². The van der Waals surface area contributed by atoms with Gasteiger partial charge in [-0.15, -0.1) is 0 Å². The van der Waals surface area contributed by atoms with Crippen molar-refractivity contribution in [2.75, 3.05) is 19.7 Å². The van der Waals surface area contributed by atoms with E-state index in [1.165, 1.54) is 0 Å². The maximum absolute atomic E-state index is 13.0. The number of piperazine rings is 1. The Morgan fingerprint density at radius 3 is 2.70 bits per heavy atom. The molecule has 0 aromatic heterocycles. The van der Waals surface area contributed by atoms with E-state index in [-0.39, 0.29) is 23.9 Å². The first kappa shape index (κ1) is 13.4. The van der Waals surface area contributed by atoms with Crippen molar-refractivity contribution in [3.05, 3.63) is 29.8 Å². The Bertz CT molecular complexity index is 493. The molecule has 2 aliphatic rings. The lowest BCUT2D eigenvalue weighted by Gasteiger charge is -2.42. The molecule has 0 spiro atoms. The Kier molecular flexibility index (Phi) is 3.66. The Morgan fingerprint density at radius 1 is 1.25 bits per heavy atom. The van der Waals surface area contributed by atoms with E-state index in [0.29, 0.717) is 6.61 Å². The fraction of sp³-hybridized carbons (Fsp3) is 0.562. The molecule has 4 heteroatoms. The number of hydrogen-bond donors (Lipinski definition) is 1. The average Bonchev–Trinajstić information content (AvgIpc) is 2.46. The van der Waals surface area contributed by atoms with Crippen molar-refractivity contribution in [3.8, 4) is 5.75 Å². The van der Waals surface area contributed by atoms with Gasteiger partial charge in [-0.25, -0.2) is 0 Å². The summed E-state index contributed by atoms with van der Waals surface area (Å²) in [6, 6.07) is 8.43. The van der Waals surface area contributed by atoms with Gasteiger partial charge in [0.15, 0.2) is 0 Å². The van der Waals surface area contributed by atoms with E-state index in [1.807, 2.05) is 24.3 Å². The molecule has 2 aliphatic heterocycles. The summed E-state index contributed by atoms with van der Waals surface area (Å²) in [7, 11) is 0. The molecule has 1 aromatic carbocycles. The van der Waals surface area contributed by atoms with E-state index in [9.17, 15) is 4.79 Å². The largest absolute Gasteiger partial charge is 0.493 e. The molecule has 20 heavy (non-hydrogen) atoms. The smallest absolute Gasteiger partial charge is 0.230 e. The van der Waals surface area contributed by atoms with Gasteiger partial charge in [-0.3, -0.25) is 4.79 Å². The van der Waals surface area contributed by atoms with Crippen LogP contribution in [0.5, 0.6) is 5.75 Å². The zero-order valence-corrected chi connectivity index (χ0v) is 12.1. The first-order valence-electron chi connectivity index (χ1n) is 7.43. The Balaban J connectivity index is 1.88. The molecular formula is C16H22N2O2. The number of fused-ring (bicyclic) bond motifs is 1. The number of carbonyl (C=O) groups excluding carboxylic acids is 1. The highest BCUT2D eigenvalue weighted by Crippen LogP contribution is 2.35. The molecule has 1 saturated heterocycles. The third kappa shape index (κ3) is 2.29. The Morgan fingerprint density at radius 2 is 1.95 bits per heavy atom. The minimum Gasteiger partial charge on any atom is -0.493 e. The van der Waals surface area contributed by atoms with Crippen LogP contribution >= 0.6 is 0 Å². The lowest BCUT2D eigenvalue weighted by atomic mass is 9.90. The molecule has 1 N–H and O–H groups in total. The van der Waals surface area contributed by atoms with Gasteiger partial charge in [-0.1, -0.05) is 18.2 Å². The van der Waals surface area contributed by atoms with Crippen molar-refractivity contribution in [2.45, 2.75) is 38.3 Å². The molecule has 2 heterocycles. The fourth-order valence-corrected chi connectivity index (χ4v) is 3.35. The Labute approximate surface area is 120 Å². The van der Waals surface area contributed by atoms with Crippen LogP contribution in [-0.2, 0) is 4.79 Å². The van der Waals surface area contributed by atoms with Crippen LogP contribution in [0, 0.1) is 0 Å². The second-order valence-electron chi connectivity index (χ2n) is 5.83. The summed E-state index contributed by atoms with van der Waals surface area (Å²) in [6.07, 6.45) is 0.777. The summed E-state index contributed by atoms with van der Waals surface area (Å²) in [5, 5.41) is 3.37. The van der Waals surface area contributed by atoms with E-state index < -0.39 is 0 Å². The molecule has 3 unspecified atom stereocenters. The Hall–Kier alpha value is -1.55. The summed E-state index contributed by atoms with van der Waals surface area (Å²) in [5.74, 6) is 1.07. The van der Waals surface area contributed by atoms with Gasteiger partial charge in [0, 0.05) is 30.7 Å². The summed E-state index contributed by atoms with van der Waals surface area (Å²) in [5.41, 5.74) is 1.04. The zero-order valence-electron chi connectivity index (χ0n) is 12.1. The number of carbonyl (C=O) groups is 1. The molecule has 3 atom stereocenters. The molecule has 108 valence electrons. The third-order valence-corrected chi connectivity index (χ3v) is 4.34. The van der Waals surface area contributed by atoms with Crippen molar-refractivity contribution in [2.24, 2.45) is 0 Å². The molecule has 1 amide bonds. The van der Waals surface area contributed by atoms with Crippen LogP contribution in [0.1, 0.15) is 31.7 Å². The zero-order chi connectivity index (χ0) is 14.1. The van der Waals surface area contributed by atoms with Crippen LogP contribution in [0.3, 0.4) is 0 Å². The van der Waals surface area contributed by atoms with Gasteiger partial charge in [0.1, 0.15) is 5.75 Å². The van der Waals surface area contributed by atoms with Crippen molar-refractivity contribution < 1.29 is 9.53 Å². The average molecular weight is 274 g/mol. The molecule has 0 radical (unpaired) electrons.